The first-order valence-electron chi connectivity index (χ1n) is 5.54. The molecule has 17 heavy (non-hydrogen) atoms. The number of aliphatic hydroxyl groups excluding tert-OH is 1. The van der Waals surface area contributed by atoms with Crippen molar-refractivity contribution in [2.75, 3.05) is 0 Å². The van der Waals surface area contributed by atoms with Crippen LogP contribution in [-0.4, -0.2) is 20.9 Å². The molecule has 2 unspecified atom stereocenters. The Balaban J connectivity index is 2.06. The normalized spacial score (nSPS) is 14.8. The molecular weight excluding hydrogens is 218 g/mol. The Morgan fingerprint density at radius 1 is 1.59 bits per heavy atom. The molecule has 0 amide bonds. The van der Waals surface area contributed by atoms with Gasteiger partial charge in [0.1, 0.15) is 11.9 Å². The number of aliphatic hydroxyl groups is 1. The van der Waals surface area contributed by atoms with Crippen molar-refractivity contribution >= 4 is 0 Å². The highest BCUT2D eigenvalue weighted by atomic mass is 16.3. The molecule has 92 valence electrons. The molecule has 0 aromatic carbocycles. The van der Waals surface area contributed by atoms with Crippen molar-refractivity contribution in [2.24, 2.45) is 12.8 Å². The zero-order valence-electron chi connectivity index (χ0n) is 10.00. The highest BCUT2D eigenvalue weighted by molar-refractivity contribution is 5.13. The second kappa shape index (κ2) is 4.73. The number of nitrogens with two attached hydrogens (primary N) is 1. The molecule has 2 rings (SSSR count). The number of aromatic nitrogens is 2. The third-order valence-electron chi connectivity index (χ3n) is 2.86. The summed E-state index contributed by atoms with van der Waals surface area (Å²) in [5.74, 6) is 0.768. The molecule has 0 bridgehead atoms. The summed E-state index contributed by atoms with van der Waals surface area (Å²) >= 11 is 0. The van der Waals surface area contributed by atoms with Gasteiger partial charge < -0.3 is 15.3 Å². The molecule has 0 spiro atoms. The van der Waals surface area contributed by atoms with Crippen LogP contribution in [0, 0.1) is 6.92 Å². The lowest BCUT2D eigenvalue weighted by Crippen LogP contribution is -2.30. The number of nitrogens with zero attached hydrogens (tertiary/aromatic N) is 2. The van der Waals surface area contributed by atoms with E-state index >= 15 is 0 Å². The third kappa shape index (κ3) is 2.57. The molecule has 5 heteroatoms. The van der Waals surface area contributed by atoms with Crippen LogP contribution in [-0.2, 0) is 13.5 Å². The first-order valence-corrected chi connectivity index (χ1v) is 5.54. The second-order valence-electron chi connectivity index (χ2n) is 4.23. The molecule has 0 aliphatic rings. The molecule has 2 atom stereocenters. The van der Waals surface area contributed by atoms with Crippen molar-refractivity contribution in [2.45, 2.75) is 25.5 Å². The van der Waals surface area contributed by atoms with Crippen LogP contribution in [0.25, 0.3) is 0 Å². The Kier molecular flexibility index (Phi) is 3.31. The molecule has 2 aromatic rings. The van der Waals surface area contributed by atoms with Gasteiger partial charge in [0.25, 0.3) is 0 Å². The summed E-state index contributed by atoms with van der Waals surface area (Å²) in [4.78, 5) is 0. The van der Waals surface area contributed by atoms with E-state index < -0.39 is 12.1 Å². The lowest BCUT2D eigenvalue weighted by atomic mass is 10.0. The molecule has 2 heterocycles. The van der Waals surface area contributed by atoms with Crippen molar-refractivity contribution in [1.29, 1.82) is 0 Å². The van der Waals surface area contributed by atoms with Crippen LogP contribution >= 0.6 is 0 Å². The number of aryl methyl sites for hydroxylation is 2. The molecule has 0 fully saturated rings. The van der Waals surface area contributed by atoms with Crippen molar-refractivity contribution in [3.05, 3.63) is 41.6 Å². The minimum absolute atomic E-state index is 0.421. The van der Waals surface area contributed by atoms with Crippen molar-refractivity contribution in [3.63, 3.8) is 0 Å². The highest BCUT2D eigenvalue weighted by Crippen LogP contribution is 2.18. The van der Waals surface area contributed by atoms with E-state index in [9.17, 15) is 5.11 Å². The van der Waals surface area contributed by atoms with Crippen LogP contribution in [0.5, 0.6) is 0 Å². The maximum absolute atomic E-state index is 10.1. The fraction of sp³-hybridized carbons (Fsp3) is 0.417. The van der Waals surface area contributed by atoms with Crippen LogP contribution < -0.4 is 5.73 Å². The zero-order valence-corrected chi connectivity index (χ0v) is 10.00. The second-order valence-corrected chi connectivity index (χ2v) is 4.23. The average molecular weight is 235 g/mol. The van der Waals surface area contributed by atoms with Crippen LogP contribution in [0.3, 0.4) is 0 Å². The maximum Gasteiger partial charge on any atom is 0.113 e. The van der Waals surface area contributed by atoms with E-state index in [1.165, 1.54) is 0 Å². The van der Waals surface area contributed by atoms with Gasteiger partial charge in [-0.1, -0.05) is 0 Å². The first-order chi connectivity index (χ1) is 8.08. The van der Waals surface area contributed by atoms with E-state index in [0.29, 0.717) is 12.1 Å². The molecule has 0 aliphatic heterocycles. The van der Waals surface area contributed by atoms with Crippen LogP contribution in [0.4, 0.5) is 0 Å². The summed E-state index contributed by atoms with van der Waals surface area (Å²) in [5.41, 5.74) is 7.53. The van der Waals surface area contributed by atoms with Crippen LogP contribution in [0.1, 0.15) is 23.3 Å². The van der Waals surface area contributed by atoms with Gasteiger partial charge in [0.2, 0.25) is 0 Å². The Bertz CT molecular complexity index is 456. The molecule has 0 saturated carbocycles. The molecule has 3 N–H and O–H groups in total. The minimum atomic E-state index is -0.778. The zero-order chi connectivity index (χ0) is 12.4. The summed E-state index contributed by atoms with van der Waals surface area (Å²) in [6.07, 6.45) is 1.31. The summed E-state index contributed by atoms with van der Waals surface area (Å²) in [6, 6.07) is 5.07. The highest BCUT2D eigenvalue weighted by Gasteiger charge is 2.21. The molecule has 0 aliphatic carbocycles. The SMILES string of the molecule is Cc1cc(C(O)C(N)Cc2ccco2)nn1C. The van der Waals surface area contributed by atoms with E-state index in [0.717, 1.165) is 11.5 Å². The quantitative estimate of drug-likeness (QED) is 0.826. The Morgan fingerprint density at radius 3 is 2.88 bits per heavy atom. The van der Waals surface area contributed by atoms with Gasteiger partial charge in [-0.05, 0) is 25.1 Å². The Labute approximate surface area is 99.8 Å². The number of furan rings is 1. The minimum Gasteiger partial charge on any atom is -0.469 e. The standard InChI is InChI=1S/C12H17N3O2/c1-8-6-11(14-15(8)2)12(16)10(13)7-9-4-3-5-17-9/h3-6,10,12,16H,7,13H2,1-2H3. The first kappa shape index (κ1) is 11.9. The van der Waals surface area contributed by atoms with E-state index in [-0.39, 0.29) is 0 Å². The average Bonchev–Trinajstić information content (AvgIpc) is 2.89. The number of hydrogen-bond acceptors (Lipinski definition) is 4. The van der Waals surface area contributed by atoms with Gasteiger partial charge >= 0.3 is 0 Å². The van der Waals surface area contributed by atoms with Gasteiger partial charge in [0, 0.05) is 25.2 Å². The van der Waals surface area contributed by atoms with E-state index in [1.807, 2.05) is 26.1 Å². The summed E-state index contributed by atoms with van der Waals surface area (Å²) in [6.45, 7) is 1.93. The van der Waals surface area contributed by atoms with Gasteiger partial charge in [0.15, 0.2) is 0 Å². The monoisotopic (exact) mass is 235 g/mol. The molecule has 0 radical (unpaired) electrons. The van der Waals surface area contributed by atoms with Crippen molar-refractivity contribution in [3.8, 4) is 0 Å². The number of hydrogen-bond donors (Lipinski definition) is 2. The Morgan fingerprint density at radius 2 is 2.35 bits per heavy atom. The lowest BCUT2D eigenvalue weighted by Gasteiger charge is -2.15. The molecule has 0 saturated heterocycles. The number of rotatable bonds is 4. The third-order valence-corrected chi connectivity index (χ3v) is 2.86. The predicted molar refractivity (Wildman–Crippen MR) is 63.3 cm³/mol. The molecular formula is C12H17N3O2. The van der Waals surface area contributed by atoms with Crippen molar-refractivity contribution in [1.82, 2.24) is 9.78 Å². The summed E-state index contributed by atoms with van der Waals surface area (Å²) in [5, 5.41) is 14.3. The van der Waals surface area contributed by atoms with Crippen LogP contribution in [0.15, 0.2) is 28.9 Å². The van der Waals surface area contributed by atoms with Gasteiger partial charge in [-0.3, -0.25) is 4.68 Å². The largest absolute Gasteiger partial charge is 0.469 e. The van der Waals surface area contributed by atoms with Gasteiger partial charge in [0.05, 0.1) is 12.0 Å². The molecule has 2 aromatic heterocycles. The topological polar surface area (TPSA) is 77.2 Å². The van der Waals surface area contributed by atoms with Gasteiger partial charge in [-0.15, -0.1) is 0 Å². The Hall–Kier alpha value is -1.59. The van der Waals surface area contributed by atoms with Gasteiger partial charge in [-0.2, -0.15) is 5.10 Å². The lowest BCUT2D eigenvalue weighted by molar-refractivity contribution is 0.138. The maximum atomic E-state index is 10.1. The fourth-order valence-corrected chi connectivity index (χ4v) is 1.72. The van der Waals surface area contributed by atoms with E-state index in [1.54, 1.807) is 17.0 Å². The smallest absolute Gasteiger partial charge is 0.113 e. The molecule has 5 nitrogen and oxygen atoms in total. The van der Waals surface area contributed by atoms with Crippen molar-refractivity contribution < 1.29 is 9.52 Å². The predicted octanol–water partition coefficient (Wildman–Crippen LogP) is 0.925. The summed E-state index contributed by atoms with van der Waals surface area (Å²) < 4.78 is 6.92. The van der Waals surface area contributed by atoms with Gasteiger partial charge in [-0.25, -0.2) is 0 Å². The van der Waals surface area contributed by atoms with Crippen LogP contribution in [0.2, 0.25) is 0 Å². The fourth-order valence-electron chi connectivity index (χ4n) is 1.72. The van der Waals surface area contributed by atoms with E-state index in [2.05, 4.69) is 5.10 Å². The summed E-state index contributed by atoms with van der Waals surface area (Å²) in [7, 11) is 1.84. The van der Waals surface area contributed by atoms with E-state index in [4.69, 9.17) is 10.2 Å².